The summed E-state index contributed by atoms with van der Waals surface area (Å²) in [6.07, 6.45) is 1.31. The molecule has 1 N–H and O–H groups in total. The molecule has 3 rings (SSSR count). The molecule has 2 amide bonds. The summed E-state index contributed by atoms with van der Waals surface area (Å²) in [6, 6.07) is -1.34. The maximum Gasteiger partial charge on any atom is 0.326 e. The van der Waals surface area contributed by atoms with Gasteiger partial charge in [-0.2, -0.15) is 0 Å². The molecule has 5 unspecified atom stereocenters. The second-order valence-corrected chi connectivity index (χ2v) is 9.90. The van der Waals surface area contributed by atoms with Crippen molar-refractivity contribution in [1.29, 1.82) is 0 Å². The van der Waals surface area contributed by atoms with Gasteiger partial charge in [0.1, 0.15) is 15.8 Å². The molecule has 2 fully saturated rings. The minimum Gasteiger partial charge on any atom is -0.480 e. The highest BCUT2D eigenvalue weighted by Gasteiger charge is 2.87. The lowest BCUT2D eigenvalue weighted by Crippen LogP contribution is -2.53. The van der Waals surface area contributed by atoms with Crippen molar-refractivity contribution in [3.63, 3.8) is 0 Å². The summed E-state index contributed by atoms with van der Waals surface area (Å²) in [5, 5.41) is 9.11. The molecule has 1 heterocycles. The van der Waals surface area contributed by atoms with Crippen LogP contribution in [0.25, 0.3) is 0 Å². The Hall–Kier alpha value is 0.0900. The van der Waals surface area contributed by atoms with Crippen LogP contribution in [0.4, 0.5) is 0 Å². The molecule has 144 valence electrons. The molecule has 5 atom stereocenters. The van der Waals surface area contributed by atoms with Gasteiger partial charge >= 0.3 is 5.97 Å². The van der Waals surface area contributed by atoms with Crippen molar-refractivity contribution in [1.82, 2.24) is 4.90 Å². The van der Waals surface area contributed by atoms with E-state index in [0.717, 1.165) is 0 Å². The second kappa shape index (κ2) is 6.30. The maximum atomic E-state index is 13.0. The van der Waals surface area contributed by atoms with Gasteiger partial charge in [-0.25, -0.2) is 4.79 Å². The van der Waals surface area contributed by atoms with E-state index in [9.17, 15) is 19.5 Å². The number of carbonyl (C=O) groups excluding carboxylic acids is 2. The van der Waals surface area contributed by atoms with Gasteiger partial charge in [0, 0.05) is 0 Å². The molecule has 2 bridgehead atoms. The zero-order chi connectivity index (χ0) is 19.8. The molecule has 11 heteroatoms. The number of likely N-dealkylation sites (tertiary alicyclic amines) is 1. The third-order valence-electron chi connectivity index (χ3n) is 5.37. The quantitative estimate of drug-likeness (QED) is 0.472. The molecule has 1 saturated heterocycles. The molecule has 0 spiro atoms. The number of hydrogen-bond donors (Lipinski definition) is 1. The molecule has 5 nitrogen and oxygen atoms in total. The van der Waals surface area contributed by atoms with Crippen molar-refractivity contribution >= 4 is 87.4 Å². The van der Waals surface area contributed by atoms with Crippen LogP contribution in [0.1, 0.15) is 26.2 Å². The SMILES string of the molecule is CCCCC(C(=O)O)N1C(=O)C2C(C1=O)C1(Cl)C(Cl)=C(Cl)C2(Cl)C1(Cl)Cl. The number of nitrogens with zero attached hydrogens (tertiary/aromatic N) is 1. The van der Waals surface area contributed by atoms with Gasteiger partial charge in [0.15, 0.2) is 4.33 Å². The van der Waals surface area contributed by atoms with Gasteiger partial charge in [-0.15, -0.1) is 23.2 Å². The molecule has 3 aliphatic rings. The van der Waals surface area contributed by atoms with E-state index in [-0.39, 0.29) is 16.5 Å². The minimum absolute atomic E-state index is 0.106. The summed E-state index contributed by atoms with van der Waals surface area (Å²) in [7, 11) is 0. The lowest BCUT2D eigenvalue weighted by atomic mass is 9.84. The standard InChI is InChI=1S/C15H13Cl6NO4/c1-2-3-4-5(12(25)26)22-10(23)6-7(11(22)24)14(19)9(17)8(16)13(6,18)15(14,20)21/h5-7H,2-4H2,1H3,(H,25,26). The number of hydrogen-bond acceptors (Lipinski definition) is 3. The highest BCUT2D eigenvalue weighted by molar-refractivity contribution is 6.66. The predicted octanol–water partition coefficient (Wildman–Crippen LogP) is 4.08. The average molecular weight is 484 g/mol. The Morgan fingerprint density at radius 2 is 1.50 bits per heavy atom. The first-order valence-electron chi connectivity index (χ1n) is 7.82. The number of carboxylic acid groups (broad SMARTS) is 1. The van der Waals surface area contributed by atoms with Crippen LogP contribution in [0.3, 0.4) is 0 Å². The number of alkyl halides is 4. The Balaban J connectivity index is 2.12. The first kappa shape index (κ1) is 20.8. The van der Waals surface area contributed by atoms with Crippen LogP contribution in [0, 0.1) is 11.8 Å². The lowest BCUT2D eigenvalue weighted by Gasteiger charge is -2.35. The number of carbonyl (C=O) groups is 3. The summed E-state index contributed by atoms with van der Waals surface area (Å²) >= 11 is 38.2. The van der Waals surface area contributed by atoms with E-state index < -0.39 is 49.7 Å². The van der Waals surface area contributed by atoms with Crippen molar-refractivity contribution in [2.45, 2.75) is 46.3 Å². The van der Waals surface area contributed by atoms with Crippen LogP contribution in [0.15, 0.2) is 10.1 Å². The highest BCUT2D eigenvalue weighted by Crippen LogP contribution is 2.77. The Morgan fingerprint density at radius 1 is 1.08 bits per heavy atom. The summed E-state index contributed by atoms with van der Waals surface area (Å²) in [5.41, 5.74) is 0. The van der Waals surface area contributed by atoms with Gasteiger partial charge in [0.05, 0.1) is 21.9 Å². The zero-order valence-corrected chi connectivity index (χ0v) is 17.8. The maximum absolute atomic E-state index is 13.0. The second-order valence-electron chi connectivity index (χ2n) is 6.62. The fraction of sp³-hybridized carbons (Fsp3) is 0.667. The number of halogens is 6. The Labute approximate surface area is 179 Å². The molecule has 0 aromatic rings. The van der Waals surface area contributed by atoms with Gasteiger partial charge in [0.25, 0.3) is 0 Å². The van der Waals surface area contributed by atoms with Crippen LogP contribution in [-0.4, -0.2) is 47.9 Å². The third kappa shape index (κ3) is 2.11. The summed E-state index contributed by atoms with van der Waals surface area (Å²) in [5.74, 6) is -5.53. The van der Waals surface area contributed by atoms with Crippen LogP contribution in [-0.2, 0) is 14.4 Å². The van der Waals surface area contributed by atoms with Crippen molar-refractivity contribution in [3.8, 4) is 0 Å². The van der Waals surface area contributed by atoms with E-state index in [0.29, 0.717) is 17.7 Å². The van der Waals surface area contributed by atoms with E-state index in [1.807, 2.05) is 6.92 Å². The smallest absolute Gasteiger partial charge is 0.326 e. The van der Waals surface area contributed by atoms with Gasteiger partial charge in [0.2, 0.25) is 11.8 Å². The van der Waals surface area contributed by atoms with Crippen molar-refractivity contribution < 1.29 is 19.5 Å². The Kier molecular flexibility index (Phi) is 5.04. The number of amides is 2. The van der Waals surface area contributed by atoms with Gasteiger partial charge in [-0.3, -0.25) is 14.5 Å². The molecule has 1 saturated carbocycles. The number of allylic oxidation sites excluding steroid dienone is 2. The number of rotatable bonds is 5. The first-order valence-corrected chi connectivity index (χ1v) is 10.1. The molecule has 0 aromatic carbocycles. The van der Waals surface area contributed by atoms with E-state index in [1.54, 1.807) is 0 Å². The topological polar surface area (TPSA) is 74.7 Å². The van der Waals surface area contributed by atoms with Crippen LogP contribution >= 0.6 is 69.6 Å². The van der Waals surface area contributed by atoms with Gasteiger partial charge < -0.3 is 5.11 Å². The first-order chi connectivity index (χ1) is 11.9. The van der Waals surface area contributed by atoms with Crippen LogP contribution in [0.2, 0.25) is 0 Å². The van der Waals surface area contributed by atoms with Crippen LogP contribution < -0.4 is 0 Å². The number of aliphatic carboxylic acids is 1. The highest BCUT2D eigenvalue weighted by atomic mass is 35.5. The van der Waals surface area contributed by atoms with E-state index in [4.69, 9.17) is 69.6 Å². The number of fused-ring (bicyclic) bond motifs is 5. The Morgan fingerprint density at radius 3 is 1.85 bits per heavy atom. The van der Waals surface area contributed by atoms with E-state index in [2.05, 4.69) is 0 Å². The van der Waals surface area contributed by atoms with Crippen molar-refractivity contribution in [3.05, 3.63) is 10.1 Å². The number of imide groups is 1. The summed E-state index contributed by atoms with van der Waals surface area (Å²) in [4.78, 5) is 34.6. The summed E-state index contributed by atoms with van der Waals surface area (Å²) < 4.78 is -2.02. The fourth-order valence-corrected chi connectivity index (χ4v) is 7.01. The largest absolute Gasteiger partial charge is 0.480 e. The molecular weight excluding hydrogens is 471 g/mol. The van der Waals surface area contributed by atoms with E-state index in [1.165, 1.54) is 0 Å². The van der Waals surface area contributed by atoms with Crippen molar-refractivity contribution in [2.24, 2.45) is 11.8 Å². The fourth-order valence-electron chi connectivity index (χ4n) is 4.08. The monoisotopic (exact) mass is 481 g/mol. The average Bonchev–Trinajstić information content (AvgIpc) is 2.94. The van der Waals surface area contributed by atoms with E-state index >= 15 is 0 Å². The molecule has 26 heavy (non-hydrogen) atoms. The normalized spacial score (nSPS) is 39.0. The lowest BCUT2D eigenvalue weighted by molar-refractivity contribution is -0.155. The molecule has 1 aliphatic heterocycles. The van der Waals surface area contributed by atoms with Gasteiger partial charge in [-0.05, 0) is 6.42 Å². The predicted molar refractivity (Wildman–Crippen MR) is 100 cm³/mol. The Bertz CT molecular complexity index is 708. The van der Waals surface area contributed by atoms with Crippen LogP contribution in [0.5, 0.6) is 0 Å². The molecular formula is C15H13Cl6NO4. The minimum atomic E-state index is -2.02. The summed E-state index contributed by atoms with van der Waals surface area (Å²) in [6.45, 7) is 1.86. The molecule has 0 aromatic heterocycles. The number of unbranched alkanes of at least 4 members (excludes halogenated alkanes) is 1. The third-order valence-corrected chi connectivity index (χ3v) is 9.63. The van der Waals surface area contributed by atoms with Gasteiger partial charge in [-0.1, -0.05) is 66.2 Å². The zero-order valence-electron chi connectivity index (χ0n) is 13.2. The molecule has 2 aliphatic carbocycles. The van der Waals surface area contributed by atoms with Crippen molar-refractivity contribution in [2.75, 3.05) is 0 Å². The molecule has 0 radical (unpaired) electrons. The number of carboxylic acids is 1.